The number of rotatable bonds is 5. The molecular weight excluding hydrogens is 310 g/mol. The number of ketones is 1. The van der Waals surface area contributed by atoms with Crippen LogP contribution in [0.25, 0.3) is 22.0 Å². The van der Waals surface area contributed by atoms with E-state index in [2.05, 4.69) is 17.1 Å². The molecule has 4 aromatic rings. The third-order valence-electron chi connectivity index (χ3n) is 4.22. The van der Waals surface area contributed by atoms with Gasteiger partial charge in [-0.15, -0.1) is 0 Å². The number of aromatic nitrogens is 1. The van der Waals surface area contributed by atoms with Gasteiger partial charge in [0.1, 0.15) is 5.75 Å². The Hall–Kier alpha value is -3.33. The number of hydrogen-bond acceptors (Lipinski definition) is 2. The van der Waals surface area contributed by atoms with Gasteiger partial charge >= 0.3 is 0 Å². The average Bonchev–Trinajstić information content (AvgIpc) is 3.11. The highest BCUT2D eigenvalue weighted by molar-refractivity contribution is 6.08. The lowest BCUT2D eigenvalue weighted by atomic mass is 10.1. The van der Waals surface area contributed by atoms with Gasteiger partial charge in [0.25, 0.3) is 0 Å². The maximum atomic E-state index is 12.4. The summed E-state index contributed by atoms with van der Waals surface area (Å²) >= 11 is 0. The monoisotopic (exact) mass is 327 g/mol. The van der Waals surface area contributed by atoms with E-state index in [1.807, 2.05) is 66.7 Å². The second-order valence-corrected chi connectivity index (χ2v) is 5.85. The molecule has 0 saturated heterocycles. The summed E-state index contributed by atoms with van der Waals surface area (Å²) in [4.78, 5) is 15.6. The first-order valence-corrected chi connectivity index (χ1v) is 8.19. The molecule has 1 N–H and O–H groups in total. The summed E-state index contributed by atoms with van der Waals surface area (Å²) in [6, 6.07) is 25.7. The maximum Gasteiger partial charge on any atom is 0.202 e. The van der Waals surface area contributed by atoms with E-state index in [-0.39, 0.29) is 12.4 Å². The topological polar surface area (TPSA) is 42.1 Å². The largest absolute Gasteiger partial charge is 0.485 e. The highest BCUT2D eigenvalue weighted by Crippen LogP contribution is 2.23. The van der Waals surface area contributed by atoms with Gasteiger partial charge in [0.05, 0.1) is 0 Å². The molecule has 3 heteroatoms. The molecule has 0 unspecified atom stereocenters. The molecule has 122 valence electrons. The van der Waals surface area contributed by atoms with E-state index >= 15 is 0 Å². The van der Waals surface area contributed by atoms with E-state index in [1.54, 1.807) is 6.20 Å². The standard InChI is InChI=1S/C22H17NO2/c24-22(20-14-23-21-9-5-4-8-19(20)21)15-25-18-12-10-17(11-13-18)16-6-2-1-3-7-16/h1-14,23H,15H2. The number of H-pyrrole nitrogens is 1. The molecule has 0 aliphatic heterocycles. The molecule has 0 bridgehead atoms. The molecular formula is C22H17NO2. The summed E-state index contributed by atoms with van der Waals surface area (Å²) in [6.07, 6.45) is 1.74. The Morgan fingerprint density at radius 3 is 2.28 bits per heavy atom. The van der Waals surface area contributed by atoms with E-state index < -0.39 is 0 Å². The molecule has 0 radical (unpaired) electrons. The van der Waals surface area contributed by atoms with Crippen LogP contribution in [0.4, 0.5) is 0 Å². The molecule has 3 nitrogen and oxygen atoms in total. The Morgan fingerprint density at radius 1 is 0.800 bits per heavy atom. The summed E-state index contributed by atoms with van der Waals surface area (Å²) in [5.74, 6) is 0.650. The number of Topliss-reactive ketones (excluding diaryl/α,β-unsaturated/α-hetero) is 1. The summed E-state index contributed by atoms with van der Waals surface area (Å²) in [5.41, 5.74) is 3.90. The van der Waals surface area contributed by atoms with Crippen molar-refractivity contribution < 1.29 is 9.53 Å². The van der Waals surface area contributed by atoms with Crippen molar-refractivity contribution in [2.45, 2.75) is 0 Å². The number of hydrogen-bond donors (Lipinski definition) is 1. The zero-order valence-electron chi connectivity index (χ0n) is 13.6. The molecule has 0 aliphatic rings. The van der Waals surface area contributed by atoms with Crippen LogP contribution in [0.2, 0.25) is 0 Å². The van der Waals surface area contributed by atoms with Crippen molar-refractivity contribution in [3.63, 3.8) is 0 Å². The number of nitrogens with one attached hydrogen (secondary N) is 1. The molecule has 3 aromatic carbocycles. The number of benzene rings is 3. The van der Waals surface area contributed by atoms with Gasteiger partial charge in [0.15, 0.2) is 6.61 Å². The van der Waals surface area contributed by atoms with Crippen LogP contribution in [0.3, 0.4) is 0 Å². The van der Waals surface area contributed by atoms with Gasteiger partial charge in [-0.1, -0.05) is 60.7 Å². The first-order valence-electron chi connectivity index (χ1n) is 8.19. The fourth-order valence-electron chi connectivity index (χ4n) is 2.90. The quantitative estimate of drug-likeness (QED) is 0.518. The second-order valence-electron chi connectivity index (χ2n) is 5.85. The molecule has 1 aromatic heterocycles. The zero-order chi connectivity index (χ0) is 17.1. The zero-order valence-corrected chi connectivity index (χ0v) is 13.6. The van der Waals surface area contributed by atoms with Crippen molar-refractivity contribution in [3.05, 3.63) is 90.6 Å². The van der Waals surface area contributed by atoms with Crippen LogP contribution in [0, 0.1) is 0 Å². The Bertz CT molecular complexity index is 1000. The first-order chi connectivity index (χ1) is 12.3. The minimum atomic E-state index is -0.0374. The van der Waals surface area contributed by atoms with Crippen molar-refractivity contribution in [1.82, 2.24) is 4.98 Å². The van der Waals surface area contributed by atoms with Gasteiger partial charge in [0, 0.05) is 22.7 Å². The first kappa shape index (κ1) is 15.2. The Morgan fingerprint density at radius 2 is 1.48 bits per heavy atom. The second kappa shape index (κ2) is 6.65. The maximum absolute atomic E-state index is 12.4. The van der Waals surface area contributed by atoms with Crippen LogP contribution in [0.5, 0.6) is 5.75 Å². The predicted octanol–water partition coefficient (Wildman–Crippen LogP) is 5.10. The van der Waals surface area contributed by atoms with Crippen LogP contribution < -0.4 is 4.74 Å². The third-order valence-corrected chi connectivity index (χ3v) is 4.22. The number of fused-ring (bicyclic) bond motifs is 1. The van der Waals surface area contributed by atoms with E-state index in [1.165, 1.54) is 0 Å². The minimum absolute atomic E-state index is 0.0204. The van der Waals surface area contributed by atoms with E-state index in [0.717, 1.165) is 22.0 Å². The molecule has 25 heavy (non-hydrogen) atoms. The van der Waals surface area contributed by atoms with Gasteiger partial charge in [-0.05, 0) is 29.3 Å². The molecule has 0 spiro atoms. The Balaban J connectivity index is 1.45. The third kappa shape index (κ3) is 3.17. The van der Waals surface area contributed by atoms with Crippen molar-refractivity contribution in [1.29, 1.82) is 0 Å². The molecule has 0 atom stereocenters. The van der Waals surface area contributed by atoms with E-state index in [9.17, 15) is 4.79 Å². The predicted molar refractivity (Wildman–Crippen MR) is 100 cm³/mol. The van der Waals surface area contributed by atoms with Gasteiger partial charge in [-0.25, -0.2) is 0 Å². The smallest absolute Gasteiger partial charge is 0.202 e. The summed E-state index contributed by atoms with van der Waals surface area (Å²) in [5, 5.41) is 0.926. The van der Waals surface area contributed by atoms with Crippen LogP contribution in [0.1, 0.15) is 10.4 Å². The fourth-order valence-corrected chi connectivity index (χ4v) is 2.90. The highest BCUT2D eigenvalue weighted by Gasteiger charge is 2.12. The lowest BCUT2D eigenvalue weighted by Gasteiger charge is -2.07. The number of carbonyl (C=O) groups excluding carboxylic acids is 1. The van der Waals surface area contributed by atoms with Gasteiger partial charge in [-0.3, -0.25) is 4.79 Å². The van der Waals surface area contributed by atoms with Crippen molar-refractivity contribution >= 4 is 16.7 Å². The SMILES string of the molecule is O=C(COc1ccc(-c2ccccc2)cc1)c1c[nH]c2ccccc12. The minimum Gasteiger partial charge on any atom is -0.485 e. The van der Waals surface area contributed by atoms with Crippen LogP contribution in [-0.4, -0.2) is 17.4 Å². The molecule has 1 heterocycles. The molecule has 4 rings (SSSR count). The van der Waals surface area contributed by atoms with Crippen LogP contribution in [0.15, 0.2) is 85.1 Å². The molecule has 0 amide bonds. The lowest BCUT2D eigenvalue weighted by molar-refractivity contribution is 0.0923. The fraction of sp³-hybridized carbons (Fsp3) is 0.0455. The van der Waals surface area contributed by atoms with Gasteiger partial charge < -0.3 is 9.72 Å². The van der Waals surface area contributed by atoms with E-state index in [4.69, 9.17) is 4.74 Å². The molecule has 0 saturated carbocycles. The Labute approximate surface area is 145 Å². The van der Waals surface area contributed by atoms with Gasteiger partial charge in [-0.2, -0.15) is 0 Å². The molecule has 0 fully saturated rings. The van der Waals surface area contributed by atoms with Crippen molar-refractivity contribution in [2.75, 3.05) is 6.61 Å². The highest BCUT2D eigenvalue weighted by atomic mass is 16.5. The molecule has 0 aliphatic carbocycles. The van der Waals surface area contributed by atoms with Crippen LogP contribution in [-0.2, 0) is 0 Å². The average molecular weight is 327 g/mol. The number of para-hydroxylation sites is 1. The van der Waals surface area contributed by atoms with Crippen LogP contribution >= 0.6 is 0 Å². The van der Waals surface area contributed by atoms with Crippen molar-refractivity contribution in [2.24, 2.45) is 0 Å². The lowest BCUT2D eigenvalue weighted by Crippen LogP contribution is -2.11. The van der Waals surface area contributed by atoms with E-state index in [0.29, 0.717) is 11.3 Å². The summed E-state index contributed by atoms with van der Waals surface area (Å²) in [6.45, 7) is 0.0204. The number of ether oxygens (including phenoxy) is 1. The number of aromatic amines is 1. The normalized spacial score (nSPS) is 10.7. The number of carbonyl (C=O) groups is 1. The van der Waals surface area contributed by atoms with Crippen molar-refractivity contribution in [3.8, 4) is 16.9 Å². The summed E-state index contributed by atoms with van der Waals surface area (Å²) in [7, 11) is 0. The summed E-state index contributed by atoms with van der Waals surface area (Å²) < 4.78 is 5.67. The Kier molecular flexibility index (Phi) is 4.05. The van der Waals surface area contributed by atoms with Gasteiger partial charge in [0.2, 0.25) is 5.78 Å².